The molecule has 112 valence electrons. The smallest absolute Gasteiger partial charge is 0.241 e. The van der Waals surface area contributed by atoms with Crippen molar-refractivity contribution in [1.29, 1.82) is 0 Å². The van der Waals surface area contributed by atoms with E-state index in [0.717, 1.165) is 11.1 Å². The Morgan fingerprint density at radius 1 is 0.905 bits per heavy atom. The number of hydrogen-bond donors (Lipinski definition) is 2. The molecule has 2 rings (SSSR count). The van der Waals surface area contributed by atoms with Crippen LogP contribution < -0.4 is 10.5 Å². The summed E-state index contributed by atoms with van der Waals surface area (Å²) in [7, 11) is -3.54. The maximum atomic E-state index is 12.4. The molecule has 0 aliphatic heterocycles. The minimum Gasteiger partial charge on any atom is -0.324 e. The van der Waals surface area contributed by atoms with Gasteiger partial charge in [0, 0.05) is 12.1 Å². The minimum atomic E-state index is -3.54. The Bertz CT molecular complexity index is 680. The van der Waals surface area contributed by atoms with E-state index >= 15 is 0 Å². The molecule has 0 bridgehead atoms. The Balaban J connectivity index is 2.18. The van der Waals surface area contributed by atoms with Gasteiger partial charge >= 0.3 is 0 Å². The van der Waals surface area contributed by atoms with E-state index in [0.29, 0.717) is 0 Å². The van der Waals surface area contributed by atoms with Gasteiger partial charge in [-0.3, -0.25) is 0 Å². The number of benzene rings is 2. The topological polar surface area (TPSA) is 72.2 Å². The average molecular weight is 304 g/mol. The van der Waals surface area contributed by atoms with E-state index in [1.807, 2.05) is 44.2 Å². The van der Waals surface area contributed by atoms with Crippen molar-refractivity contribution < 1.29 is 8.42 Å². The first-order valence-electron chi connectivity index (χ1n) is 6.83. The van der Waals surface area contributed by atoms with Crippen molar-refractivity contribution in [3.8, 4) is 0 Å². The standard InChI is InChI=1S/C16H20N2O2S/c1-12(17)14-8-10-16(11-9-14)21(19,20)18-13(2)15-6-4-3-5-7-15/h3-13,18H,17H2,1-2H3. The third-order valence-electron chi connectivity index (χ3n) is 3.35. The molecule has 0 radical (unpaired) electrons. The molecule has 0 spiro atoms. The van der Waals surface area contributed by atoms with Crippen LogP contribution in [0.15, 0.2) is 59.5 Å². The molecule has 21 heavy (non-hydrogen) atoms. The minimum absolute atomic E-state index is 0.113. The molecule has 0 aliphatic carbocycles. The largest absolute Gasteiger partial charge is 0.324 e. The van der Waals surface area contributed by atoms with Crippen molar-refractivity contribution in [3.05, 3.63) is 65.7 Å². The quantitative estimate of drug-likeness (QED) is 0.892. The number of hydrogen-bond acceptors (Lipinski definition) is 3. The molecule has 4 nitrogen and oxygen atoms in total. The summed E-state index contributed by atoms with van der Waals surface area (Å²) < 4.78 is 27.4. The molecule has 5 heteroatoms. The lowest BCUT2D eigenvalue weighted by Crippen LogP contribution is -2.26. The first-order valence-corrected chi connectivity index (χ1v) is 8.31. The van der Waals surface area contributed by atoms with E-state index in [-0.39, 0.29) is 17.0 Å². The lowest BCUT2D eigenvalue weighted by molar-refractivity contribution is 0.567. The molecule has 0 aromatic heterocycles. The van der Waals surface area contributed by atoms with Gasteiger partial charge in [-0.1, -0.05) is 42.5 Å². The molecule has 0 saturated heterocycles. The Morgan fingerprint density at radius 2 is 1.48 bits per heavy atom. The van der Waals surface area contributed by atoms with E-state index in [1.54, 1.807) is 24.3 Å². The van der Waals surface area contributed by atoms with Crippen LogP contribution in [0.25, 0.3) is 0 Å². The van der Waals surface area contributed by atoms with Crippen LogP contribution in [0.4, 0.5) is 0 Å². The van der Waals surface area contributed by atoms with Crippen molar-refractivity contribution in [3.63, 3.8) is 0 Å². The molecule has 2 atom stereocenters. The Kier molecular flexibility index (Phi) is 4.77. The summed E-state index contributed by atoms with van der Waals surface area (Å²) in [4.78, 5) is 0.245. The SMILES string of the molecule is CC(N)c1ccc(S(=O)(=O)NC(C)c2ccccc2)cc1. The fourth-order valence-corrected chi connectivity index (χ4v) is 3.29. The maximum Gasteiger partial charge on any atom is 0.241 e. The molecule has 2 unspecified atom stereocenters. The summed E-state index contributed by atoms with van der Waals surface area (Å²) in [6, 6.07) is 15.7. The highest BCUT2D eigenvalue weighted by atomic mass is 32.2. The number of sulfonamides is 1. The molecular weight excluding hydrogens is 284 g/mol. The van der Waals surface area contributed by atoms with Crippen LogP contribution in [0.5, 0.6) is 0 Å². The second kappa shape index (κ2) is 6.39. The molecule has 0 saturated carbocycles. The number of nitrogens with two attached hydrogens (primary N) is 1. The molecule has 0 heterocycles. The zero-order chi connectivity index (χ0) is 15.5. The van der Waals surface area contributed by atoms with Crippen LogP contribution in [0.2, 0.25) is 0 Å². The van der Waals surface area contributed by atoms with E-state index in [2.05, 4.69) is 4.72 Å². The highest BCUT2D eigenvalue weighted by molar-refractivity contribution is 7.89. The van der Waals surface area contributed by atoms with Crippen LogP contribution in [0, 0.1) is 0 Å². The van der Waals surface area contributed by atoms with E-state index in [9.17, 15) is 8.42 Å². The van der Waals surface area contributed by atoms with Gasteiger partial charge < -0.3 is 5.73 Å². The first kappa shape index (κ1) is 15.7. The third-order valence-corrected chi connectivity index (χ3v) is 4.90. The van der Waals surface area contributed by atoms with Gasteiger partial charge in [-0.25, -0.2) is 13.1 Å². The third kappa shape index (κ3) is 3.91. The molecule has 2 aromatic carbocycles. The molecule has 0 fully saturated rings. The lowest BCUT2D eigenvalue weighted by Gasteiger charge is -2.15. The van der Waals surface area contributed by atoms with E-state index in [1.165, 1.54) is 0 Å². The fraction of sp³-hybridized carbons (Fsp3) is 0.250. The Labute approximate surface area is 126 Å². The molecule has 2 aromatic rings. The Morgan fingerprint density at radius 3 is 2.00 bits per heavy atom. The fourth-order valence-electron chi connectivity index (χ4n) is 2.06. The van der Waals surface area contributed by atoms with Gasteiger partial charge in [-0.15, -0.1) is 0 Å². The highest BCUT2D eigenvalue weighted by Crippen LogP contribution is 2.18. The summed E-state index contributed by atoms with van der Waals surface area (Å²) >= 11 is 0. The van der Waals surface area contributed by atoms with Crippen LogP contribution in [0.3, 0.4) is 0 Å². The predicted molar refractivity (Wildman–Crippen MR) is 84.2 cm³/mol. The van der Waals surface area contributed by atoms with Crippen LogP contribution in [-0.2, 0) is 10.0 Å². The molecular formula is C16H20N2O2S. The molecule has 3 N–H and O–H groups in total. The van der Waals surface area contributed by atoms with Gasteiger partial charge in [0.15, 0.2) is 0 Å². The van der Waals surface area contributed by atoms with Crippen molar-refractivity contribution in [2.75, 3.05) is 0 Å². The first-order chi connectivity index (χ1) is 9.90. The van der Waals surface area contributed by atoms with Gasteiger partial charge in [-0.05, 0) is 37.1 Å². The summed E-state index contributed by atoms with van der Waals surface area (Å²) in [5.41, 5.74) is 7.60. The molecule has 0 aliphatic rings. The molecule has 0 amide bonds. The van der Waals surface area contributed by atoms with Crippen molar-refractivity contribution >= 4 is 10.0 Å². The second-order valence-electron chi connectivity index (χ2n) is 5.11. The summed E-state index contributed by atoms with van der Waals surface area (Å²) in [5.74, 6) is 0. The van der Waals surface area contributed by atoms with E-state index in [4.69, 9.17) is 5.73 Å². The van der Waals surface area contributed by atoms with Crippen molar-refractivity contribution in [2.24, 2.45) is 5.73 Å². The Hall–Kier alpha value is -1.69. The van der Waals surface area contributed by atoms with Crippen LogP contribution in [-0.4, -0.2) is 8.42 Å². The summed E-state index contributed by atoms with van der Waals surface area (Å²) in [6.07, 6.45) is 0. The highest BCUT2D eigenvalue weighted by Gasteiger charge is 2.18. The lowest BCUT2D eigenvalue weighted by atomic mass is 10.1. The second-order valence-corrected chi connectivity index (χ2v) is 6.83. The zero-order valence-corrected chi connectivity index (χ0v) is 13.0. The average Bonchev–Trinajstić information content (AvgIpc) is 2.48. The normalized spacial score (nSPS) is 14.6. The van der Waals surface area contributed by atoms with Gasteiger partial charge in [0.2, 0.25) is 10.0 Å². The van der Waals surface area contributed by atoms with E-state index < -0.39 is 10.0 Å². The monoisotopic (exact) mass is 304 g/mol. The van der Waals surface area contributed by atoms with Gasteiger partial charge in [-0.2, -0.15) is 0 Å². The summed E-state index contributed by atoms with van der Waals surface area (Å²) in [6.45, 7) is 3.68. The van der Waals surface area contributed by atoms with Crippen LogP contribution >= 0.6 is 0 Å². The van der Waals surface area contributed by atoms with Gasteiger partial charge in [0.25, 0.3) is 0 Å². The zero-order valence-electron chi connectivity index (χ0n) is 12.2. The van der Waals surface area contributed by atoms with Crippen molar-refractivity contribution in [2.45, 2.75) is 30.8 Å². The number of nitrogens with one attached hydrogen (secondary N) is 1. The number of rotatable bonds is 5. The summed E-state index contributed by atoms with van der Waals surface area (Å²) in [5, 5.41) is 0. The van der Waals surface area contributed by atoms with Crippen LogP contribution in [0.1, 0.15) is 37.1 Å². The predicted octanol–water partition coefficient (Wildman–Crippen LogP) is 2.75. The van der Waals surface area contributed by atoms with Gasteiger partial charge in [0.05, 0.1) is 4.90 Å². The maximum absolute atomic E-state index is 12.4. The van der Waals surface area contributed by atoms with Gasteiger partial charge in [0.1, 0.15) is 0 Å². The van der Waals surface area contributed by atoms with Crippen molar-refractivity contribution in [1.82, 2.24) is 4.72 Å².